The Labute approximate surface area is 149 Å². The minimum atomic E-state index is 0.0750. The maximum Gasteiger partial charge on any atom is 0.223 e. The summed E-state index contributed by atoms with van der Waals surface area (Å²) in [5, 5.41) is 6.35. The highest BCUT2D eigenvalue weighted by atomic mass is 16.2. The van der Waals surface area contributed by atoms with Crippen molar-refractivity contribution >= 4 is 11.8 Å². The molecule has 0 radical (unpaired) electrons. The smallest absolute Gasteiger partial charge is 0.223 e. The van der Waals surface area contributed by atoms with Crippen LogP contribution >= 0.6 is 0 Å². The molecule has 4 rings (SSSR count). The van der Waals surface area contributed by atoms with Crippen LogP contribution < -0.4 is 10.6 Å². The van der Waals surface area contributed by atoms with Gasteiger partial charge in [0.2, 0.25) is 11.8 Å². The van der Waals surface area contributed by atoms with Crippen LogP contribution in [0.3, 0.4) is 0 Å². The van der Waals surface area contributed by atoms with Gasteiger partial charge in [-0.25, -0.2) is 0 Å². The fraction of sp³-hybridized carbons (Fsp3) is 0.619. The van der Waals surface area contributed by atoms with Crippen molar-refractivity contribution in [3.05, 3.63) is 35.4 Å². The molecule has 2 amide bonds. The summed E-state index contributed by atoms with van der Waals surface area (Å²) >= 11 is 0. The van der Waals surface area contributed by atoms with Crippen molar-refractivity contribution < 1.29 is 9.59 Å². The zero-order chi connectivity index (χ0) is 17.4. The molecule has 0 saturated heterocycles. The molecule has 25 heavy (non-hydrogen) atoms. The number of hydrogen-bond donors (Lipinski definition) is 2. The number of hydrogen-bond acceptors (Lipinski definition) is 2. The highest BCUT2D eigenvalue weighted by Crippen LogP contribution is 2.48. The highest BCUT2D eigenvalue weighted by molar-refractivity contribution is 5.83. The second kappa shape index (κ2) is 6.81. The Hall–Kier alpha value is -1.84. The molecule has 4 nitrogen and oxygen atoms in total. The van der Waals surface area contributed by atoms with E-state index in [9.17, 15) is 9.59 Å². The molecule has 4 atom stereocenters. The van der Waals surface area contributed by atoms with Gasteiger partial charge in [0.25, 0.3) is 0 Å². The summed E-state index contributed by atoms with van der Waals surface area (Å²) in [6.07, 6.45) is 6.99. The minimum absolute atomic E-state index is 0.0750. The molecule has 0 heterocycles. The van der Waals surface area contributed by atoms with E-state index in [0.29, 0.717) is 12.0 Å². The summed E-state index contributed by atoms with van der Waals surface area (Å²) in [7, 11) is 0. The predicted molar refractivity (Wildman–Crippen MR) is 97.1 cm³/mol. The summed E-state index contributed by atoms with van der Waals surface area (Å²) in [5.74, 6) is 0.943. The molecule has 0 bridgehead atoms. The number of carbonyl (C=O) groups is 2. The molecule has 0 aliphatic heterocycles. The van der Waals surface area contributed by atoms with Crippen molar-refractivity contribution in [2.75, 3.05) is 0 Å². The first-order valence-corrected chi connectivity index (χ1v) is 9.78. The maximum absolute atomic E-state index is 12.6. The summed E-state index contributed by atoms with van der Waals surface area (Å²) in [6.45, 7) is 2.12. The molecule has 0 unspecified atom stereocenters. The van der Waals surface area contributed by atoms with Crippen LogP contribution in [0.2, 0.25) is 0 Å². The third-order valence-electron chi connectivity index (χ3n) is 6.03. The average molecular weight is 340 g/mol. The molecule has 1 aromatic rings. The fourth-order valence-electron chi connectivity index (χ4n) is 4.25. The molecular weight excluding hydrogens is 312 g/mol. The fourth-order valence-corrected chi connectivity index (χ4v) is 4.25. The van der Waals surface area contributed by atoms with Gasteiger partial charge in [0.1, 0.15) is 0 Å². The topological polar surface area (TPSA) is 58.2 Å². The standard InChI is InChI=1S/C21H28N2O2/c1-13-5-2-3-8-17(13)18-12-19(18)21(25)23-16-7-4-6-14(11-16)20(24)22-15-9-10-15/h2-3,5,8,14-16,18-19H,4,6-7,9-12H2,1H3,(H,22,24)(H,23,25)/t14-,16+,18+,19+/m1/s1. The molecular formula is C21H28N2O2. The van der Waals surface area contributed by atoms with Crippen molar-refractivity contribution in [2.45, 2.75) is 69.9 Å². The van der Waals surface area contributed by atoms with Crippen LogP contribution in [0.15, 0.2) is 24.3 Å². The Morgan fingerprint density at radius 3 is 2.44 bits per heavy atom. The summed E-state index contributed by atoms with van der Waals surface area (Å²) in [6, 6.07) is 8.95. The molecule has 0 spiro atoms. The van der Waals surface area contributed by atoms with E-state index in [0.717, 1.165) is 44.9 Å². The Bertz CT molecular complexity index is 668. The van der Waals surface area contributed by atoms with E-state index in [4.69, 9.17) is 0 Å². The minimum Gasteiger partial charge on any atom is -0.353 e. The average Bonchev–Trinajstić information content (AvgIpc) is 3.50. The van der Waals surface area contributed by atoms with Gasteiger partial charge >= 0.3 is 0 Å². The number of benzene rings is 1. The Kier molecular flexibility index (Phi) is 4.53. The highest BCUT2D eigenvalue weighted by Gasteiger charge is 2.45. The second-order valence-corrected chi connectivity index (χ2v) is 8.16. The van der Waals surface area contributed by atoms with E-state index < -0.39 is 0 Å². The van der Waals surface area contributed by atoms with Gasteiger partial charge in [-0.05, 0) is 62.5 Å². The number of nitrogens with one attached hydrogen (secondary N) is 2. The van der Waals surface area contributed by atoms with E-state index in [-0.39, 0.29) is 29.7 Å². The molecule has 134 valence electrons. The largest absolute Gasteiger partial charge is 0.353 e. The Balaban J connectivity index is 1.29. The van der Waals surface area contributed by atoms with Crippen molar-refractivity contribution in [1.29, 1.82) is 0 Å². The number of amides is 2. The van der Waals surface area contributed by atoms with Crippen molar-refractivity contribution in [3.8, 4) is 0 Å². The van der Waals surface area contributed by atoms with Crippen molar-refractivity contribution in [2.24, 2.45) is 11.8 Å². The number of rotatable bonds is 5. The lowest BCUT2D eigenvalue weighted by Crippen LogP contribution is -2.43. The first kappa shape index (κ1) is 16.6. The molecule has 2 N–H and O–H groups in total. The third-order valence-corrected chi connectivity index (χ3v) is 6.03. The normalized spacial score (nSPS) is 31.2. The Morgan fingerprint density at radius 2 is 1.68 bits per heavy atom. The molecule has 3 saturated carbocycles. The van der Waals surface area contributed by atoms with E-state index in [1.165, 1.54) is 11.1 Å². The van der Waals surface area contributed by atoms with Gasteiger partial charge in [0.15, 0.2) is 0 Å². The van der Waals surface area contributed by atoms with Crippen LogP contribution in [0.5, 0.6) is 0 Å². The molecule has 3 aliphatic rings. The molecule has 4 heteroatoms. The first-order chi connectivity index (χ1) is 12.1. The predicted octanol–water partition coefficient (Wildman–Crippen LogP) is 3.05. The zero-order valence-electron chi connectivity index (χ0n) is 15.0. The van der Waals surface area contributed by atoms with E-state index >= 15 is 0 Å². The summed E-state index contributed by atoms with van der Waals surface area (Å²) in [4.78, 5) is 24.9. The number of carbonyl (C=O) groups excluding carboxylic acids is 2. The SMILES string of the molecule is Cc1ccccc1[C@@H]1C[C@@H]1C(=O)N[C@H]1CCC[C@@H](C(=O)NC2CC2)C1. The van der Waals surface area contributed by atoms with Crippen LogP contribution in [0, 0.1) is 18.8 Å². The second-order valence-electron chi connectivity index (χ2n) is 8.16. The van der Waals surface area contributed by atoms with Crippen LogP contribution in [0.4, 0.5) is 0 Å². The van der Waals surface area contributed by atoms with Crippen LogP contribution in [0.25, 0.3) is 0 Å². The van der Waals surface area contributed by atoms with E-state index in [1.54, 1.807) is 0 Å². The Morgan fingerprint density at radius 1 is 0.920 bits per heavy atom. The van der Waals surface area contributed by atoms with Gasteiger partial charge in [-0.3, -0.25) is 9.59 Å². The van der Waals surface area contributed by atoms with Crippen LogP contribution in [-0.4, -0.2) is 23.9 Å². The maximum atomic E-state index is 12.6. The lowest BCUT2D eigenvalue weighted by molar-refractivity contribution is -0.128. The van der Waals surface area contributed by atoms with E-state index in [1.807, 2.05) is 6.07 Å². The first-order valence-electron chi connectivity index (χ1n) is 9.78. The monoisotopic (exact) mass is 340 g/mol. The van der Waals surface area contributed by atoms with Crippen LogP contribution in [-0.2, 0) is 9.59 Å². The van der Waals surface area contributed by atoms with Gasteiger partial charge < -0.3 is 10.6 Å². The van der Waals surface area contributed by atoms with Gasteiger partial charge in [-0.2, -0.15) is 0 Å². The van der Waals surface area contributed by atoms with E-state index in [2.05, 4.69) is 35.8 Å². The van der Waals surface area contributed by atoms with Gasteiger partial charge in [0, 0.05) is 23.9 Å². The zero-order valence-corrected chi connectivity index (χ0v) is 15.0. The summed E-state index contributed by atoms with van der Waals surface area (Å²) in [5.41, 5.74) is 2.59. The molecule has 1 aromatic carbocycles. The molecule has 3 fully saturated rings. The molecule has 0 aromatic heterocycles. The van der Waals surface area contributed by atoms with Crippen molar-refractivity contribution in [1.82, 2.24) is 10.6 Å². The van der Waals surface area contributed by atoms with Crippen LogP contribution in [0.1, 0.15) is 62.0 Å². The lowest BCUT2D eigenvalue weighted by atomic mass is 9.85. The molecule has 3 aliphatic carbocycles. The van der Waals surface area contributed by atoms with Gasteiger partial charge in [-0.1, -0.05) is 30.7 Å². The van der Waals surface area contributed by atoms with Crippen molar-refractivity contribution in [3.63, 3.8) is 0 Å². The lowest BCUT2D eigenvalue weighted by Gasteiger charge is -2.29. The third kappa shape index (κ3) is 3.88. The quantitative estimate of drug-likeness (QED) is 0.865. The number of aryl methyl sites for hydroxylation is 1. The summed E-state index contributed by atoms with van der Waals surface area (Å²) < 4.78 is 0. The van der Waals surface area contributed by atoms with Gasteiger partial charge in [-0.15, -0.1) is 0 Å². The van der Waals surface area contributed by atoms with Gasteiger partial charge in [0.05, 0.1) is 0 Å².